The van der Waals surface area contributed by atoms with E-state index in [1.165, 1.54) is 11.3 Å². The largest absolute Gasteiger partial charge is 0.492 e. The Labute approximate surface area is 133 Å². The van der Waals surface area contributed by atoms with E-state index in [0.29, 0.717) is 22.2 Å². The highest BCUT2D eigenvalue weighted by Gasteiger charge is 2.11. The van der Waals surface area contributed by atoms with Crippen LogP contribution in [0.4, 0.5) is 5.69 Å². The fourth-order valence-electron chi connectivity index (χ4n) is 1.62. The van der Waals surface area contributed by atoms with Crippen LogP contribution >= 0.6 is 22.9 Å². The Morgan fingerprint density at radius 3 is 2.57 bits per heavy atom. The lowest BCUT2D eigenvalue weighted by Gasteiger charge is -2.11. The number of likely N-dealkylation sites (N-methyl/N-ethyl adjacent to an activating group) is 1. The van der Waals surface area contributed by atoms with E-state index in [4.69, 9.17) is 16.3 Å². The maximum Gasteiger partial charge on any atom is 0.267 e. The van der Waals surface area contributed by atoms with Crippen molar-refractivity contribution in [2.75, 3.05) is 32.6 Å². The zero-order valence-corrected chi connectivity index (χ0v) is 13.5. The molecule has 0 radical (unpaired) electrons. The van der Waals surface area contributed by atoms with Crippen molar-refractivity contribution in [2.45, 2.75) is 0 Å². The van der Waals surface area contributed by atoms with E-state index in [-0.39, 0.29) is 5.91 Å². The Bertz CT molecular complexity index is 596. The number of carbonyl (C=O) groups is 1. The molecule has 1 aromatic heterocycles. The van der Waals surface area contributed by atoms with Gasteiger partial charge in [-0.2, -0.15) is 0 Å². The third-order valence-corrected chi connectivity index (χ3v) is 4.08. The number of amides is 1. The summed E-state index contributed by atoms with van der Waals surface area (Å²) in [4.78, 5) is 14.6. The highest BCUT2D eigenvalue weighted by Crippen LogP contribution is 2.23. The molecule has 0 saturated heterocycles. The van der Waals surface area contributed by atoms with Crippen LogP contribution in [0, 0.1) is 0 Å². The van der Waals surface area contributed by atoms with Crippen molar-refractivity contribution in [1.29, 1.82) is 0 Å². The Morgan fingerprint density at radius 2 is 2.00 bits per heavy atom. The normalized spacial score (nSPS) is 10.7. The molecular weight excluding hydrogens is 308 g/mol. The Balaban J connectivity index is 1.90. The fraction of sp³-hybridized carbons (Fsp3) is 0.267. The zero-order chi connectivity index (χ0) is 15.2. The van der Waals surface area contributed by atoms with Crippen molar-refractivity contribution in [1.82, 2.24) is 4.90 Å². The van der Waals surface area contributed by atoms with Gasteiger partial charge in [0.1, 0.15) is 17.2 Å². The van der Waals surface area contributed by atoms with Gasteiger partial charge in [0, 0.05) is 12.2 Å². The summed E-state index contributed by atoms with van der Waals surface area (Å²) in [6.07, 6.45) is 0. The lowest BCUT2D eigenvalue weighted by atomic mass is 10.3. The monoisotopic (exact) mass is 324 g/mol. The molecule has 0 spiro atoms. The number of anilines is 1. The van der Waals surface area contributed by atoms with Gasteiger partial charge in [0.05, 0.1) is 5.02 Å². The van der Waals surface area contributed by atoms with Crippen LogP contribution in [-0.2, 0) is 0 Å². The summed E-state index contributed by atoms with van der Waals surface area (Å²) >= 11 is 7.25. The highest BCUT2D eigenvalue weighted by atomic mass is 35.5. The zero-order valence-electron chi connectivity index (χ0n) is 11.9. The minimum atomic E-state index is -0.198. The molecule has 0 aliphatic carbocycles. The van der Waals surface area contributed by atoms with E-state index in [9.17, 15) is 4.79 Å². The van der Waals surface area contributed by atoms with Crippen molar-refractivity contribution >= 4 is 34.5 Å². The van der Waals surface area contributed by atoms with Crippen molar-refractivity contribution in [3.05, 3.63) is 45.6 Å². The molecule has 0 aliphatic rings. The van der Waals surface area contributed by atoms with Crippen LogP contribution in [0.25, 0.3) is 0 Å². The summed E-state index contributed by atoms with van der Waals surface area (Å²) < 4.78 is 5.59. The van der Waals surface area contributed by atoms with Crippen molar-refractivity contribution in [2.24, 2.45) is 0 Å². The van der Waals surface area contributed by atoms with Crippen LogP contribution in [0.1, 0.15) is 9.67 Å². The molecule has 0 aliphatic heterocycles. The quantitative estimate of drug-likeness (QED) is 0.882. The number of hydrogen-bond donors (Lipinski definition) is 1. The summed E-state index contributed by atoms with van der Waals surface area (Å²) in [6, 6.07) is 9.00. The fourth-order valence-corrected chi connectivity index (χ4v) is 2.66. The number of ether oxygens (including phenoxy) is 1. The number of hydrogen-bond acceptors (Lipinski definition) is 4. The van der Waals surface area contributed by atoms with E-state index in [2.05, 4.69) is 10.2 Å². The Morgan fingerprint density at radius 1 is 1.29 bits per heavy atom. The standard InChI is InChI=1S/C15H17ClN2O2S/c1-18(2)8-9-20-12-5-3-11(4-6-12)17-15(19)14-13(16)7-10-21-14/h3-7,10H,8-9H2,1-2H3,(H,17,19). The number of carbonyl (C=O) groups excluding carboxylic acids is 1. The molecule has 2 rings (SSSR count). The maximum atomic E-state index is 12.0. The Hall–Kier alpha value is -1.56. The van der Waals surface area contributed by atoms with Crippen molar-refractivity contribution < 1.29 is 9.53 Å². The number of rotatable bonds is 6. The van der Waals surface area contributed by atoms with E-state index in [1.807, 2.05) is 38.4 Å². The third-order valence-electron chi connectivity index (χ3n) is 2.74. The number of nitrogens with zero attached hydrogens (tertiary/aromatic N) is 1. The topological polar surface area (TPSA) is 41.6 Å². The summed E-state index contributed by atoms with van der Waals surface area (Å²) in [6.45, 7) is 1.48. The van der Waals surface area contributed by atoms with Crippen LogP contribution in [0.2, 0.25) is 5.02 Å². The Kier molecular flexibility index (Phi) is 5.61. The lowest BCUT2D eigenvalue weighted by Crippen LogP contribution is -2.19. The van der Waals surface area contributed by atoms with E-state index in [0.717, 1.165) is 12.3 Å². The molecule has 21 heavy (non-hydrogen) atoms. The second-order valence-corrected chi connectivity index (χ2v) is 6.05. The van der Waals surface area contributed by atoms with Gasteiger partial charge in [-0.25, -0.2) is 0 Å². The molecule has 1 N–H and O–H groups in total. The minimum absolute atomic E-state index is 0.198. The molecule has 0 atom stereocenters. The first-order valence-corrected chi connectivity index (χ1v) is 7.74. The predicted molar refractivity (Wildman–Crippen MR) is 87.8 cm³/mol. The van der Waals surface area contributed by atoms with Gasteiger partial charge in [0.25, 0.3) is 5.91 Å². The van der Waals surface area contributed by atoms with Gasteiger partial charge < -0.3 is 15.0 Å². The van der Waals surface area contributed by atoms with Crippen LogP contribution in [0.3, 0.4) is 0 Å². The van der Waals surface area contributed by atoms with Gasteiger partial charge >= 0.3 is 0 Å². The molecule has 0 saturated carbocycles. The third kappa shape index (κ3) is 4.74. The van der Waals surface area contributed by atoms with E-state index in [1.54, 1.807) is 11.4 Å². The van der Waals surface area contributed by atoms with Gasteiger partial charge in [-0.05, 0) is 49.8 Å². The van der Waals surface area contributed by atoms with Gasteiger partial charge in [-0.3, -0.25) is 4.79 Å². The first-order valence-electron chi connectivity index (χ1n) is 6.48. The summed E-state index contributed by atoms with van der Waals surface area (Å²) in [5.74, 6) is 0.584. The smallest absolute Gasteiger partial charge is 0.267 e. The van der Waals surface area contributed by atoms with Crippen LogP contribution in [0.5, 0.6) is 5.75 Å². The van der Waals surface area contributed by atoms with Crippen LogP contribution in [-0.4, -0.2) is 38.1 Å². The molecule has 0 fully saturated rings. The van der Waals surface area contributed by atoms with Gasteiger partial charge in [-0.1, -0.05) is 11.6 Å². The predicted octanol–water partition coefficient (Wildman–Crippen LogP) is 3.59. The number of thiophene rings is 1. The molecular formula is C15H17ClN2O2S. The average Bonchev–Trinajstić information content (AvgIpc) is 2.87. The number of nitrogens with one attached hydrogen (secondary N) is 1. The molecule has 1 heterocycles. The van der Waals surface area contributed by atoms with Gasteiger partial charge in [0.2, 0.25) is 0 Å². The molecule has 1 aromatic carbocycles. The number of halogens is 1. The summed E-state index contributed by atoms with van der Waals surface area (Å²) in [5, 5.41) is 5.07. The van der Waals surface area contributed by atoms with Gasteiger partial charge in [0.15, 0.2) is 0 Å². The highest BCUT2D eigenvalue weighted by molar-refractivity contribution is 7.12. The SMILES string of the molecule is CN(C)CCOc1ccc(NC(=O)c2sccc2Cl)cc1. The lowest BCUT2D eigenvalue weighted by molar-refractivity contribution is 0.103. The molecule has 6 heteroatoms. The van der Waals surface area contributed by atoms with Crippen LogP contribution < -0.4 is 10.1 Å². The number of benzene rings is 1. The molecule has 112 valence electrons. The first kappa shape index (κ1) is 15.8. The van der Waals surface area contributed by atoms with E-state index >= 15 is 0 Å². The molecule has 0 unspecified atom stereocenters. The van der Waals surface area contributed by atoms with Crippen LogP contribution in [0.15, 0.2) is 35.7 Å². The summed E-state index contributed by atoms with van der Waals surface area (Å²) in [7, 11) is 4.00. The molecule has 1 amide bonds. The summed E-state index contributed by atoms with van der Waals surface area (Å²) in [5.41, 5.74) is 0.712. The second kappa shape index (κ2) is 7.45. The molecule has 4 nitrogen and oxygen atoms in total. The van der Waals surface area contributed by atoms with Crippen molar-refractivity contribution in [3.63, 3.8) is 0 Å². The van der Waals surface area contributed by atoms with Gasteiger partial charge in [-0.15, -0.1) is 11.3 Å². The second-order valence-electron chi connectivity index (χ2n) is 4.73. The minimum Gasteiger partial charge on any atom is -0.492 e. The maximum absolute atomic E-state index is 12.0. The average molecular weight is 325 g/mol. The first-order chi connectivity index (χ1) is 10.1. The van der Waals surface area contributed by atoms with E-state index < -0.39 is 0 Å². The molecule has 0 bridgehead atoms. The van der Waals surface area contributed by atoms with Crippen molar-refractivity contribution in [3.8, 4) is 5.75 Å². The molecule has 2 aromatic rings.